The molecule has 2 aliphatic heterocycles. The van der Waals surface area contributed by atoms with Gasteiger partial charge in [0.05, 0.1) is 16.3 Å². The van der Waals surface area contributed by atoms with Crippen LogP contribution in [0.4, 0.5) is 0 Å². The molecular formula is C18H23N5S. The van der Waals surface area contributed by atoms with E-state index in [2.05, 4.69) is 46.8 Å². The lowest BCUT2D eigenvalue weighted by atomic mass is 10.0. The molecule has 1 N–H and O–H groups in total. The van der Waals surface area contributed by atoms with Crippen molar-refractivity contribution in [1.82, 2.24) is 25.0 Å². The van der Waals surface area contributed by atoms with Gasteiger partial charge in [0, 0.05) is 26.2 Å². The number of thiophene rings is 1. The standard InChI is InChI=1S/C18H23N5S/c1-13-5-6-15(22-9-7-19-8-10-22)18-20-14(2)21-23(18)16(12-13)17-4-3-11-24-17/h3-4,6,11-13,19H,5,7-10H2,1-2H3. The van der Waals surface area contributed by atoms with E-state index in [9.17, 15) is 0 Å². The molecule has 0 aliphatic carbocycles. The van der Waals surface area contributed by atoms with E-state index in [4.69, 9.17) is 10.1 Å². The second kappa shape index (κ2) is 6.53. The van der Waals surface area contributed by atoms with Crippen molar-refractivity contribution in [2.24, 2.45) is 5.92 Å². The molecule has 0 bridgehead atoms. The Morgan fingerprint density at radius 1 is 1.25 bits per heavy atom. The van der Waals surface area contributed by atoms with Gasteiger partial charge in [-0.15, -0.1) is 11.3 Å². The summed E-state index contributed by atoms with van der Waals surface area (Å²) in [5.74, 6) is 2.27. The molecule has 126 valence electrons. The van der Waals surface area contributed by atoms with Crippen LogP contribution in [0.2, 0.25) is 0 Å². The van der Waals surface area contributed by atoms with Gasteiger partial charge in [-0.25, -0.2) is 9.67 Å². The lowest BCUT2D eigenvalue weighted by molar-refractivity contribution is 0.337. The van der Waals surface area contributed by atoms with E-state index < -0.39 is 0 Å². The van der Waals surface area contributed by atoms with E-state index in [0.717, 1.165) is 49.9 Å². The fourth-order valence-electron chi connectivity index (χ4n) is 3.33. The van der Waals surface area contributed by atoms with Crippen molar-refractivity contribution in [3.63, 3.8) is 0 Å². The first-order valence-electron chi connectivity index (χ1n) is 8.58. The van der Waals surface area contributed by atoms with E-state index in [-0.39, 0.29) is 0 Å². The summed E-state index contributed by atoms with van der Waals surface area (Å²) in [5, 5.41) is 10.3. The van der Waals surface area contributed by atoms with Crippen LogP contribution < -0.4 is 5.32 Å². The Bertz CT molecular complexity index is 765. The Hall–Kier alpha value is -1.92. The van der Waals surface area contributed by atoms with Gasteiger partial charge in [0.2, 0.25) is 0 Å². The first kappa shape index (κ1) is 15.6. The summed E-state index contributed by atoms with van der Waals surface area (Å²) < 4.78 is 2.05. The smallest absolute Gasteiger partial charge is 0.179 e. The zero-order valence-electron chi connectivity index (χ0n) is 14.2. The number of allylic oxidation sites excluding steroid dienone is 2. The van der Waals surface area contributed by atoms with Gasteiger partial charge in [-0.2, -0.15) is 5.10 Å². The van der Waals surface area contributed by atoms with E-state index in [1.165, 1.54) is 10.6 Å². The number of hydrogen-bond acceptors (Lipinski definition) is 5. The predicted molar refractivity (Wildman–Crippen MR) is 98.7 cm³/mol. The van der Waals surface area contributed by atoms with Gasteiger partial charge in [0.1, 0.15) is 5.82 Å². The van der Waals surface area contributed by atoms with Gasteiger partial charge in [-0.05, 0) is 30.7 Å². The molecule has 1 atom stereocenters. The fourth-order valence-corrected chi connectivity index (χ4v) is 4.07. The van der Waals surface area contributed by atoms with E-state index in [1.807, 2.05) is 11.6 Å². The zero-order chi connectivity index (χ0) is 16.5. The van der Waals surface area contributed by atoms with Crippen LogP contribution in [0.5, 0.6) is 0 Å². The van der Waals surface area contributed by atoms with Crippen LogP contribution in [0.15, 0.2) is 29.7 Å². The Kier molecular flexibility index (Phi) is 4.24. The molecule has 4 rings (SSSR count). The highest BCUT2D eigenvalue weighted by Crippen LogP contribution is 2.31. The number of nitrogens with zero attached hydrogens (tertiary/aromatic N) is 4. The van der Waals surface area contributed by atoms with E-state index in [0.29, 0.717) is 5.92 Å². The highest BCUT2D eigenvalue weighted by Gasteiger charge is 2.24. The Morgan fingerprint density at radius 2 is 2.08 bits per heavy atom. The summed E-state index contributed by atoms with van der Waals surface area (Å²) in [6, 6.07) is 4.26. The quantitative estimate of drug-likeness (QED) is 0.912. The molecule has 1 unspecified atom stereocenters. The Labute approximate surface area is 146 Å². The number of hydrogen-bond donors (Lipinski definition) is 1. The van der Waals surface area contributed by atoms with Gasteiger partial charge in [-0.1, -0.05) is 25.1 Å². The number of nitrogens with one attached hydrogen (secondary N) is 1. The number of piperazine rings is 1. The molecule has 0 radical (unpaired) electrons. The molecule has 0 saturated carbocycles. The monoisotopic (exact) mass is 341 g/mol. The largest absolute Gasteiger partial charge is 0.366 e. The molecular weight excluding hydrogens is 318 g/mol. The molecule has 2 aromatic heterocycles. The molecule has 1 saturated heterocycles. The van der Waals surface area contributed by atoms with Crippen LogP contribution in [-0.4, -0.2) is 45.8 Å². The Balaban J connectivity index is 1.83. The Morgan fingerprint density at radius 3 is 2.83 bits per heavy atom. The summed E-state index contributed by atoms with van der Waals surface area (Å²) >= 11 is 1.76. The van der Waals surface area contributed by atoms with Gasteiger partial charge in [0.25, 0.3) is 0 Å². The first-order chi connectivity index (χ1) is 11.7. The normalized spacial score (nSPS) is 21.6. The second-order valence-electron chi connectivity index (χ2n) is 6.46. The molecule has 0 amide bonds. The summed E-state index contributed by atoms with van der Waals surface area (Å²) in [5.41, 5.74) is 2.39. The minimum Gasteiger partial charge on any atom is -0.366 e. The molecule has 5 nitrogen and oxygen atoms in total. The maximum atomic E-state index is 4.78. The fraction of sp³-hybridized carbons (Fsp3) is 0.444. The average molecular weight is 341 g/mol. The average Bonchev–Trinajstić information content (AvgIpc) is 3.23. The number of aryl methyl sites for hydroxylation is 1. The molecule has 24 heavy (non-hydrogen) atoms. The van der Waals surface area contributed by atoms with Crippen LogP contribution in [0, 0.1) is 12.8 Å². The highest BCUT2D eigenvalue weighted by molar-refractivity contribution is 7.11. The molecule has 2 aromatic rings. The maximum absolute atomic E-state index is 4.78. The van der Waals surface area contributed by atoms with E-state index >= 15 is 0 Å². The topological polar surface area (TPSA) is 46.0 Å². The lowest BCUT2D eigenvalue weighted by Gasteiger charge is -2.32. The van der Waals surface area contributed by atoms with Crippen molar-refractivity contribution in [1.29, 1.82) is 0 Å². The van der Waals surface area contributed by atoms with Gasteiger partial charge >= 0.3 is 0 Å². The van der Waals surface area contributed by atoms with Gasteiger partial charge < -0.3 is 10.2 Å². The molecule has 0 aromatic carbocycles. The van der Waals surface area contributed by atoms with Crippen molar-refractivity contribution in [3.8, 4) is 0 Å². The molecule has 6 heteroatoms. The van der Waals surface area contributed by atoms with Crippen LogP contribution >= 0.6 is 11.3 Å². The zero-order valence-corrected chi connectivity index (χ0v) is 15.0. The van der Waals surface area contributed by atoms with Crippen molar-refractivity contribution in [3.05, 3.63) is 46.2 Å². The first-order valence-corrected chi connectivity index (χ1v) is 9.46. The minimum absolute atomic E-state index is 0.470. The third-order valence-electron chi connectivity index (χ3n) is 4.53. The molecule has 1 fully saturated rings. The van der Waals surface area contributed by atoms with Crippen molar-refractivity contribution < 1.29 is 0 Å². The van der Waals surface area contributed by atoms with Crippen LogP contribution in [-0.2, 0) is 0 Å². The van der Waals surface area contributed by atoms with Crippen LogP contribution in [0.3, 0.4) is 0 Å². The van der Waals surface area contributed by atoms with Crippen LogP contribution in [0.25, 0.3) is 11.4 Å². The van der Waals surface area contributed by atoms with Crippen molar-refractivity contribution in [2.45, 2.75) is 20.3 Å². The second-order valence-corrected chi connectivity index (χ2v) is 7.41. The lowest BCUT2D eigenvalue weighted by Crippen LogP contribution is -2.42. The van der Waals surface area contributed by atoms with Crippen molar-refractivity contribution >= 4 is 22.7 Å². The van der Waals surface area contributed by atoms with Crippen LogP contribution in [0.1, 0.15) is 29.9 Å². The third-order valence-corrected chi connectivity index (χ3v) is 5.42. The van der Waals surface area contributed by atoms with Gasteiger partial charge in [-0.3, -0.25) is 0 Å². The highest BCUT2D eigenvalue weighted by atomic mass is 32.1. The molecule has 4 heterocycles. The van der Waals surface area contributed by atoms with Crippen molar-refractivity contribution in [2.75, 3.05) is 26.2 Å². The molecule has 2 aliphatic rings. The third kappa shape index (κ3) is 2.91. The number of fused-ring (bicyclic) bond motifs is 1. The SMILES string of the molecule is Cc1nc2n(n1)C(c1cccs1)=CC(C)CC=C2N1CCNCC1. The number of rotatable bonds is 2. The van der Waals surface area contributed by atoms with E-state index in [1.54, 1.807) is 11.3 Å². The minimum atomic E-state index is 0.470. The summed E-state index contributed by atoms with van der Waals surface area (Å²) in [6.07, 6.45) is 5.70. The summed E-state index contributed by atoms with van der Waals surface area (Å²) in [7, 11) is 0. The summed E-state index contributed by atoms with van der Waals surface area (Å²) in [6.45, 7) is 8.33. The summed E-state index contributed by atoms with van der Waals surface area (Å²) in [4.78, 5) is 8.47. The van der Waals surface area contributed by atoms with Gasteiger partial charge in [0.15, 0.2) is 5.82 Å². The predicted octanol–water partition coefficient (Wildman–Crippen LogP) is 2.82. The number of aromatic nitrogens is 3. The molecule has 0 spiro atoms. The maximum Gasteiger partial charge on any atom is 0.179 e.